The standard InChI is InChI=1S/C39H41N4O8PS/c1-5-51-37(46)28-16-14-27(15-17-28)35(44)42-43(38(47)48)22-29(30-11-7-9-13-33(30)43)21-25(4)40-36(45)31(20-24(2)3)39(49,52-50)23-53-34-19-18-26-10-6-8-12-32(26)41-34/h6-19,22,24-25,31,49H,5,20-21,23H2,1-4H3,(H2-,40,42,44,45,47,48)/p+2/t25-,31?,39?,43?/m1/s1. The summed E-state index contributed by atoms with van der Waals surface area (Å²) < 4.78 is 16.6. The fraction of sp³-hybridized carbons (Fsp3) is 0.308. The lowest BCUT2D eigenvalue weighted by molar-refractivity contribution is -0.130. The van der Waals surface area contributed by atoms with Crippen molar-refractivity contribution in [1.82, 2.24) is 20.3 Å². The summed E-state index contributed by atoms with van der Waals surface area (Å²) in [6.07, 6.45) is 0.516. The number of thioether (sulfide) groups is 1. The number of nitrogens with zero attached hydrogens (tertiary/aromatic N) is 2. The van der Waals surface area contributed by atoms with Crippen LogP contribution >= 0.6 is 20.2 Å². The predicted octanol–water partition coefficient (Wildman–Crippen LogP) is 7.16. The van der Waals surface area contributed by atoms with Crippen molar-refractivity contribution >= 4 is 66.3 Å². The minimum Gasteiger partial charge on any atom is -0.462 e. The van der Waals surface area contributed by atoms with Gasteiger partial charge < -0.3 is 20.3 Å². The van der Waals surface area contributed by atoms with E-state index in [9.17, 15) is 34.0 Å². The number of amides is 3. The summed E-state index contributed by atoms with van der Waals surface area (Å²) in [5.41, 5.74) is 5.23. The number of hydrogen-bond donors (Lipinski definition) is 4. The lowest BCUT2D eigenvalue weighted by Crippen LogP contribution is -2.60. The highest BCUT2D eigenvalue weighted by Gasteiger charge is 2.51. The molecule has 0 radical (unpaired) electrons. The van der Waals surface area contributed by atoms with Crippen LogP contribution in [0, 0.1) is 11.8 Å². The number of carbonyl (C=O) groups is 4. The molecule has 0 saturated heterocycles. The van der Waals surface area contributed by atoms with E-state index in [1.165, 1.54) is 42.2 Å². The Morgan fingerprint density at radius 2 is 1.62 bits per heavy atom. The Hall–Kier alpha value is -4.94. The second kappa shape index (κ2) is 16.8. The van der Waals surface area contributed by atoms with Crippen LogP contribution in [0.2, 0.25) is 0 Å². The molecule has 14 heteroatoms. The Balaban J connectivity index is 1.34. The van der Waals surface area contributed by atoms with E-state index in [1.807, 2.05) is 50.2 Å². The number of benzene rings is 3. The van der Waals surface area contributed by atoms with Gasteiger partial charge in [0.2, 0.25) is 5.91 Å². The number of carboxylic acid groups (broad SMARTS) is 1. The lowest BCUT2D eigenvalue weighted by Gasteiger charge is -2.27. The molecule has 53 heavy (non-hydrogen) atoms. The molecule has 276 valence electrons. The largest absolute Gasteiger partial charge is 0.549 e. The number of fused-ring (bicyclic) bond motifs is 2. The Morgan fingerprint density at radius 1 is 0.943 bits per heavy atom. The van der Waals surface area contributed by atoms with Gasteiger partial charge in [0.25, 0.3) is 11.2 Å². The van der Waals surface area contributed by atoms with Gasteiger partial charge in [0.15, 0.2) is 5.69 Å². The molecule has 4 N–H and O–H groups in total. The summed E-state index contributed by atoms with van der Waals surface area (Å²) in [5.74, 6) is -2.75. The van der Waals surface area contributed by atoms with Crippen molar-refractivity contribution in [2.45, 2.75) is 56.9 Å². The van der Waals surface area contributed by atoms with E-state index < -0.39 is 54.2 Å². The first-order chi connectivity index (χ1) is 25.3. The van der Waals surface area contributed by atoms with Gasteiger partial charge in [-0.1, -0.05) is 71.2 Å². The van der Waals surface area contributed by atoms with E-state index in [0.717, 1.165) is 10.9 Å². The first-order valence-electron chi connectivity index (χ1n) is 17.2. The zero-order valence-electron chi connectivity index (χ0n) is 29.9. The van der Waals surface area contributed by atoms with Crippen molar-refractivity contribution in [3.8, 4) is 0 Å². The normalized spacial score (nSPS) is 17.4. The Kier molecular flexibility index (Phi) is 12.5. The number of hydrogen-bond acceptors (Lipinski definition) is 9. The van der Waals surface area contributed by atoms with Crippen molar-refractivity contribution < 1.29 is 38.7 Å². The van der Waals surface area contributed by atoms with Crippen LogP contribution in [0.25, 0.3) is 16.5 Å². The van der Waals surface area contributed by atoms with Crippen LogP contribution in [0.5, 0.6) is 0 Å². The Bertz CT molecular complexity index is 2060. The summed E-state index contributed by atoms with van der Waals surface area (Å²) in [4.78, 5) is 57.0. The number of rotatable bonds is 14. The summed E-state index contributed by atoms with van der Waals surface area (Å²) in [5, 5.41) is 25.0. The molecule has 5 rings (SSSR count). The van der Waals surface area contributed by atoms with E-state index in [4.69, 9.17) is 4.74 Å². The molecule has 0 spiro atoms. The fourth-order valence-corrected chi connectivity index (χ4v) is 8.05. The summed E-state index contributed by atoms with van der Waals surface area (Å²) in [7, 11) is -1.19. The average Bonchev–Trinajstić information content (AvgIpc) is 3.46. The molecule has 0 bridgehead atoms. The predicted molar refractivity (Wildman–Crippen MR) is 206 cm³/mol. The van der Waals surface area contributed by atoms with Crippen molar-refractivity contribution in [3.05, 3.63) is 108 Å². The van der Waals surface area contributed by atoms with Gasteiger partial charge in [-0.05, 0) is 75.1 Å². The van der Waals surface area contributed by atoms with E-state index in [1.54, 1.807) is 38.1 Å². The topological polar surface area (TPSA) is 172 Å². The fourth-order valence-electron chi connectivity index (χ4n) is 6.31. The molecule has 4 aromatic rings. The molecule has 0 saturated carbocycles. The molecule has 1 aliphatic rings. The minimum atomic E-state index is -1.85. The molecule has 2 heterocycles. The first-order valence-corrected chi connectivity index (χ1v) is 19.1. The molecule has 3 amide bonds. The number of ether oxygens (including phenoxy) is 1. The van der Waals surface area contributed by atoms with E-state index in [0.29, 0.717) is 21.8 Å². The number of pyridine rings is 1. The van der Waals surface area contributed by atoms with Crippen LogP contribution in [0.1, 0.15) is 66.8 Å². The number of quaternary nitrogens is 1. The maximum atomic E-state index is 13.9. The van der Waals surface area contributed by atoms with Crippen molar-refractivity contribution in [2.75, 3.05) is 12.4 Å². The van der Waals surface area contributed by atoms with Crippen molar-refractivity contribution in [1.29, 1.82) is 0 Å². The van der Waals surface area contributed by atoms with E-state index in [-0.39, 0.29) is 42.2 Å². The lowest BCUT2D eigenvalue weighted by atomic mass is 9.90. The van der Waals surface area contributed by atoms with Crippen LogP contribution < -0.4 is 15.3 Å². The van der Waals surface area contributed by atoms with Gasteiger partial charge in [-0.3, -0.25) is 9.59 Å². The molecule has 0 aliphatic carbocycles. The van der Waals surface area contributed by atoms with Gasteiger partial charge in [-0.25, -0.2) is 9.78 Å². The quantitative estimate of drug-likeness (QED) is 0.0448. The van der Waals surface area contributed by atoms with Crippen LogP contribution in [-0.4, -0.2) is 62.8 Å². The summed E-state index contributed by atoms with van der Waals surface area (Å²) >= 11 is 1.23. The van der Waals surface area contributed by atoms with Crippen LogP contribution in [0.3, 0.4) is 0 Å². The molecule has 5 atom stereocenters. The summed E-state index contributed by atoms with van der Waals surface area (Å²) in [6.45, 7) is 7.48. The molecule has 0 fully saturated rings. The number of nitrogens with one attached hydrogen (secondary N) is 2. The number of carbonyl (C=O) groups excluding carboxylic acids is 3. The molecule has 12 nitrogen and oxygen atoms in total. The highest BCUT2D eigenvalue weighted by molar-refractivity contribution is 7.99. The average molecular weight is 759 g/mol. The molecule has 1 aliphatic heterocycles. The number of aliphatic hydroxyl groups is 1. The summed E-state index contributed by atoms with van der Waals surface area (Å²) in [6, 6.07) is 23.3. The molecule has 3 aromatic carbocycles. The van der Waals surface area contributed by atoms with Gasteiger partial charge in [-0.15, -0.1) is 0 Å². The number of para-hydroxylation sites is 2. The monoisotopic (exact) mass is 758 g/mol. The van der Waals surface area contributed by atoms with E-state index >= 15 is 0 Å². The zero-order valence-corrected chi connectivity index (χ0v) is 31.7. The number of aromatic nitrogens is 1. The Labute approximate surface area is 313 Å². The van der Waals surface area contributed by atoms with Gasteiger partial charge in [0.1, 0.15) is 12.1 Å². The van der Waals surface area contributed by atoms with Crippen molar-refractivity contribution in [3.63, 3.8) is 0 Å². The third-order valence-corrected chi connectivity index (χ3v) is 11.2. The van der Waals surface area contributed by atoms with Gasteiger partial charge in [-0.2, -0.15) is 10.2 Å². The smallest absolute Gasteiger partial charge is 0.462 e. The molecular formula is C39H43N4O8PS+2. The molecular weight excluding hydrogens is 715 g/mol. The second-order valence-electron chi connectivity index (χ2n) is 13.4. The molecule has 4 unspecified atom stereocenters. The van der Waals surface area contributed by atoms with Gasteiger partial charge in [0, 0.05) is 34.2 Å². The van der Waals surface area contributed by atoms with Gasteiger partial charge in [0.05, 0.1) is 28.5 Å². The van der Waals surface area contributed by atoms with Gasteiger partial charge >= 0.3 is 20.5 Å². The maximum absolute atomic E-state index is 13.9. The van der Waals surface area contributed by atoms with E-state index in [2.05, 4.69) is 15.7 Å². The van der Waals surface area contributed by atoms with Crippen LogP contribution in [0.15, 0.2) is 96.2 Å². The Morgan fingerprint density at radius 3 is 2.30 bits per heavy atom. The third kappa shape index (κ3) is 8.82. The molecule has 1 aromatic heterocycles. The van der Waals surface area contributed by atoms with Crippen molar-refractivity contribution in [2.24, 2.45) is 11.8 Å². The van der Waals surface area contributed by atoms with Crippen LogP contribution in [0.4, 0.5) is 10.5 Å². The first kappa shape index (κ1) is 39.3. The number of esters is 1. The SMILES string of the molecule is CCOC(=O)c1ccc(C(=O)N[N+]2(C(=O)O)C=C(C[C@@H](C)NC(=O)C(CC(C)C)C(O)(CSc3ccc4ccccc4n3)[PH+]=O)c3ccccc32)cc1. The highest BCUT2D eigenvalue weighted by atomic mass is 32.2. The highest BCUT2D eigenvalue weighted by Crippen LogP contribution is 2.42. The third-order valence-electron chi connectivity index (χ3n) is 8.92. The minimum absolute atomic E-state index is 0.00407. The second-order valence-corrected chi connectivity index (χ2v) is 15.4. The van der Waals surface area contributed by atoms with Crippen LogP contribution in [-0.2, 0) is 14.1 Å². The zero-order chi connectivity index (χ0) is 38.3. The maximum Gasteiger partial charge on any atom is 0.549 e.